The van der Waals surface area contributed by atoms with E-state index < -0.39 is 40.8 Å². The lowest BCUT2D eigenvalue weighted by molar-refractivity contribution is -0.149. The Bertz CT molecular complexity index is 705. The van der Waals surface area contributed by atoms with Gasteiger partial charge in [-0.1, -0.05) is 17.7 Å². The Balaban J connectivity index is 2.74. The maximum Gasteiger partial charge on any atom is 0.417 e. The van der Waals surface area contributed by atoms with Crippen LogP contribution < -0.4 is 10.6 Å². The van der Waals surface area contributed by atoms with Crippen LogP contribution in [0.25, 0.3) is 6.08 Å². The van der Waals surface area contributed by atoms with Gasteiger partial charge in [0.15, 0.2) is 6.10 Å². The van der Waals surface area contributed by atoms with Gasteiger partial charge in [0.05, 0.1) is 10.6 Å². The van der Waals surface area contributed by atoms with Gasteiger partial charge in [-0.15, -0.1) is 0 Å². The average molecular weight is 379 g/mol. The van der Waals surface area contributed by atoms with E-state index in [0.717, 1.165) is 24.3 Å². The summed E-state index contributed by atoms with van der Waals surface area (Å²) in [6.45, 7) is 1.23. The van der Waals surface area contributed by atoms with Crippen molar-refractivity contribution >= 4 is 35.6 Å². The lowest BCUT2D eigenvalue weighted by atomic mass is 10.1. The first kappa shape index (κ1) is 20.5. The Hall–Kier alpha value is -2.55. The number of esters is 1. The molecular formula is C15H14ClF3N2O4. The van der Waals surface area contributed by atoms with Gasteiger partial charge in [-0.3, -0.25) is 10.1 Å². The second kappa shape index (κ2) is 8.52. The molecule has 0 heterocycles. The third-order valence-corrected chi connectivity index (χ3v) is 3.16. The highest BCUT2D eigenvalue weighted by Crippen LogP contribution is 2.35. The SMILES string of the molecule is CNC(=O)NC(=O)[C@H](C)OC(=O)/C=C/c1ccc(Cl)c(C(F)(F)F)c1. The van der Waals surface area contributed by atoms with Gasteiger partial charge in [-0.05, 0) is 30.7 Å². The number of rotatable bonds is 4. The van der Waals surface area contributed by atoms with Crippen LogP contribution in [-0.4, -0.2) is 31.1 Å². The zero-order valence-electron chi connectivity index (χ0n) is 13.1. The largest absolute Gasteiger partial charge is 0.449 e. The molecule has 0 fully saturated rings. The van der Waals surface area contributed by atoms with Gasteiger partial charge < -0.3 is 10.1 Å². The number of benzene rings is 1. The summed E-state index contributed by atoms with van der Waals surface area (Å²) in [6.07, 6.45) is -3.97. The molecule has 3 amide bonds. The predicted molar refractivity (Wildman–Crippen MR) is 83.6 cm³/mol. The van der Waals surface area contributed by atoms with Crippen LogP contribution >= 0.6 is 11.6 Å². The highest BCUT2D eigenvalue weighted by atomic mass is 35.5. The van der Waals surface area contributed by atoms with Crippen LogP contribution in [0.5, 0.6) is 0 Å². The van der Waals surface area contributed by atoms with E-state index in [1.54, 1.807) is 0 Å². The van der Waals surface area contributed by atoms with E-state index in [4.69, 9.17) is 16.3 Å². The molecule has 10 heteroatoms. The van der Waals surface area contributed by atoms with Crippen molar-refractivity contribution < 1.29 is 32.3 Å². The number of alkyl halides is 3. The minimum atomic E-state index is -4.63. The normalized spacial score (nSPS) is 12.6. The van der Waals surface area contributed by atoms with Gasteiger partial charge >= 0.3 is 18.2 Å². The second-order valence-electron chi connectivity index (χ2n) is 4.72. The first-order valence-electron chi connectivity index (χ1n) is 6.82. The van der Waals surface area contributed by atoms with Crippen LogP contribution in [0.3, 0.4) is 0 Å². The number of hydrogen-bond donors (Lipinski definition) is 2. The summed E-state index contributed by atoms with van der Waals surface area (Å²) in [7, 11) is 1.29. The molecular weight excluding hydrogens is 365 g/mol. The summed E-state index contributed by atoms with van der Waals surface area (Å²) in [6, 6.07) is 2.33. The third kappa shape index (κ3) is 6.46. The molecule has 0 spiro atoms. The zero-order chi connectivity index (χ0) is 19.2. The maximum atomic E-state index is 12.7. The summed E-state index contributed by atoms with van der Waals surface area (Å²) in [5.74, 6) is -1.82. The molecule has 0 saturated heterocycles. The highest BCUT2D eigenvalue weighted by molar-refractivity contribution is 6.31. The fourth-order valence-electron chi connectivity index (χ4n) is 1.57. The van der Waals surface area contributed by atoms with Gasteiger partial charge in [-0.25, -0.2) is 9.59 Å². The molecule has 1 atom stereocenters. The number of urea groups is 1. The van der Waals surface area contributed by atoms with Gasteiger partial charge in [0, 0.05) is 13.1 Å². The quantitative estimate of drug-likeness (QED) is 0.623. The highest BCUT2D eigenvalue weighted by Gasteiger charge is 2.33. The Kier molecular flexibility index (Phi) is 6.98. The molecule has 1 aromatic carbocycles. The molecule has 0 aliphatic heterocycles. The van der Waals surface area contributed by atoms with Crippen molar-refractivity contribution in [3.05, 3.63) is 40.4 Å². The van der Waals surface area contributed by atoms with Crippen LogP contribution in [0.2, 0.25) is 5.02 Å². The van der Waals surface area contributed by atoms with E-state index in [1.807, 2.05) is 5.32 Å². The molecule has 0 radical (unpaired) electrons. The van der Waals surface area contributed by atoms with E-state index in [0.29, 0.717) is 0 Å². The Morgan fingerprint density at radius 3 is 2.48 bits per heavy atom. The molecule has 0 bridgehead atoms. The van der Waals surface area contributed by atoms with Crippen molar-refractivity contribution in [2.24, 2.45) is 0 Å². The molecule has 2 N–H and O–H groups in total. The Morgan fingerprint density at radius 1 is 1.28 bits per heavy atom. The molecule has 6 nitrogen and oxygen atoms in total. The smallest absolute Gasteiger partial charge is 0.417 e. The van der Waals surface area contributed by atoms with Crippen LogP contribution in [0.4, 0.5) is 18.0 Å². The molecule has 0 aliphatic rings. The van der Waals surface area contributed by atoms with E-state index in [9.17, 15) is 27.6 Å². The molecule has 0 aromatic heterocycles. The molecule has 1 rings (SSSR count). The number of carbonyl (C=O) groups excluding carboxylic acids is 3. The van der Waals surface area contributed by atoms with Crippen molar-refractivity contribution in [2.45, 2.75) is 19.2 Å². The van der Waals surface area contributed by atoms with Crippen molar-refractivity contribution in [1.82, 2.24) is 10.6 Å². The lowest BCUT2D eigenvalue weighted by Crippen LogP contribution is -2.43. The summed E-state index contributed by atoms with van der Waals surface area (Å²) >= 11 is 5.49. The standard InChI is InChI=1S/C15H14ClF3N2O4/c1-8(13(23)21-14(24)20-2)25-12(22)6-4-9-3-5-11(16)10(7-9)15(17,18)19/h3-8H,1-2H3,(H2,20,21,23,24)/b6-4+/t8-/m0/s1. The molecule has 1 aromatic rings. The third-order valence-electron chi connectivity index (χ3n) is 2.83. The summed E-state index contributed by atoms with van der Waals surface area (Å²) in [4.78, 5) is 34.1. The van der Waals surface area contributed by atoms with Crippen LogP contribution in [0.15, 0.2) is 24.3 Å². The molecule has 25 heavy (non-hydrogen) atoms. The Labute approximate surface area is 146 Å². The maximum absolute atomic E-state index is 12.7. The fraction of sp³-hybridized carbons (Fsp3) is 0.267. The van der Waals surface area contributed by atoms with Crippen LogP contribution in [0.1, 0.15) is 18.1 Å². The monoisotopic (exact) mass is 378 g/mol. The predicted octanol–water partition coefficient (Wildman–Crippen LogP) is 2.76. The van der Waals surface area contributed by atoms with Gasteiger partial charge in [0.2, 0.25) is 0 Å². The number of amides is 3. The number of nitrogens with one attached hydrogen (secondary N) is 2. The minimum Gasteiger partial charge on any atom is -0.449 e. The fourth-order valence-corrected chi connectivity index (χ4v) is 1.80. The first-order valence-corrected chi connectivity index (χ1v) is 7.20. The van der Waals surface area contributed by atoms with E-state index in [2.05, 4.69) is 5.32 Å². The Morgan fingerprint density at radius 2 is 1.92 bits per heavy atom. The zero-order valence-corrected chi connectivity index (χ0v) is 13.9. The lowest BCUT2D eigenvalue weighted by Gasteiger charge is -2.11. The van der Waals surface area contributed by atoms with Gasteiger partial charge in [0.1, 0.15) is 0 Å². The number of imide groups is 1. The van der Waals surface area contributed by atoms with Crippen molar-refractivity contribution in [3.8, 4) is 0 Å². The number of hydrogen-bond acceptors (Lipinski definition) is 4. The topological polar surface area (TPSA) is 84.5 Å². The molecule has 0 aliphatic carbocycles. The summed E-state index contributed by atoms with van der Waals surface area (Å²) < 4.78 is 43.0. The molecule has 136 valence electrons. The van der Waals surface area contributed by atoms with Gasteiger partial charge in [-0.2, -0.15) is 13.2 Å². The van der Waals surface area contributed by atoms with Crippen molar-refractivity contribution in [3.63, 3.8) is 0 Å². The molecule has 0 saturated carbocycles. The number of ether oxygens (including phenoxy) is 1. The number of halogens is 4. The van der Waals surface area contributed by atoms with E-state index >= 15 is 0 Å². The summed E-state index contributed by atoms with van der Waals surface area (Å²) in [5, 5.41) is 3.59. The van der Waals surface area contributed by atoms with Gasteiger partial charge in [0.25, 0.3) is 5.91 Å². The molecule has 0 unspecified atom stereocenters. The first-order chi connectivity index (χ1) is 11.5. The second-order valence-corrected chi connectivity index (χ2v) is 5.13. The van der Waals surface area contributed by atoms with Crippen LogP contribution in [0, 0.1) is 0 Å². The van der Waals surface area contributed by atoms with Crippen molar-refractivity contribution in [1.29, 1.82) is 0 Å². The summed E-state index contributed by atoms with van der Waals surface area (Å²) in [5.41, 5.74) is -0.973. The van der Waals surface area contributed by atoms with E-state index in [1.165, 1.54) is 20.0 Å². The van der Waals surface area contributed by atoms with Crippen molar-refractivity contribution in [2.75, 3.05) is 7.05 Å². The average Bonchev–Trinajstić information content (AvgIpc) is 2.52. The number of carbonyl (C=O) groups is 3. The minimum absolute atomic E-state index is 0.0659. The van der Waals surface area contributed by atoms with E-state index in [-0.39, 0.29) is 5.56 Å². The van der Waals surface area contributed by atoms with Crippen LogP contribution in [-0.2, 0) is 20.5 Å².